The molecule has 0 saturated carbocycles. The molecule has 0 aromatic carbocycles. The predicted octanol–water partition coefficient (Wildman–Crippen LogP) is 1.30. The predicted molar refractivity (Wildman–Crippen MR) is 99.6 cm³/mol. The lowest BCUT2D eigenvalue weighted by atomic mass is 9.89. The van der Waals surface area contributed by atoms with Crippen LogP contribution in [0.25, 0.3) is 0 Å². The Labute approximate surface area is 156 Å². The molecule has 0 unspecified atom stereocenters. The van der Waals surface area contributed by atoms with Gasteiger partial charge >= 0.3 is 6.03 Å². The van der Waals surface area contributed by atoms with Crippen molar-refractivity contribution in [3.63, 3.8) is 0 Å². The van der Waals surface area contributed by atoms with Gasteiger partial charge in [0.2, 0.25) is 0 Å². The molecular weight excluding hydrogens is 356 g/mol. The lowest BCUT2D eigenvalue weighted by molar-refractivity contribution is -0.125. The van der Waals surface area contributed by atoms with Crippen LogP contribution in [0.5, 0.6) is 0 Å². The van der Waals surface area contributed by atoms with E-state index in [2.05, 4.69) is 38.3 Å². The zero-order valence-electron chi connectivity index (χ0n) is 16.2. The van der Waals surface area contributed by atoms with Crippen LogP contribution in [-0.4, -0.2) is 60.7 Å². The molecule has 0 atom stereocenters. The second-order valence-corrected chi connectivity index (χ2v) is 10.1. The van der Waals surface area contributed by atoms with E-state index in [-0.39, 0.29) is 19.0 Å². The first kappa shape index (κ1) is 21.1. The molecule has 26 heavy (non-hydrogen) atoms. The molecule has 9 heteroatoms. The van der Waals surface area contributed by atoms with Gasteiger partial charge in [-0.15, -0.1) is 0 Å². The van der Waals surface area contributed by atoms with Crippen molar-refractivity contribution in [2.45, 2.75) is 58.9 Å². The van der Waals surface area contributed by atoms with E-state index >= 15 is 0 Å². The third-order valence-corrected chi connectivity index (χ3v) is 7.19. The van der Waals surface area contributed by atoms with Gasteiger partial charge in [-0.05, 0) is 37.5 Å². The SMILES string of the molecule is CC(C)CCN(CCC(C)C)S(=O)(=O)N1CCC2(CC1)NC(=O)NC2=O. The molecule has 2 rings (SSSR count). The Bertz CT molecular complexity index is 613. The number of hydrogen-bond donors (Lipinski definition) is 2. The number of hydrogen-bond acceptors (Lipinski definition) is 4. The summed E-state index contributed by atoms with van der Waals surface area (Å²) in [5.41, 5.74) is -0.955. The van der Waals surface area contributed by atoms with Gasteiger partial charge in [0.15, 0.2) is 0 Å². The lowest BCUT2D eigenvalue weighted by Gasteiger charge is -2.38. The maximum Gasteiger partial charge on any atom is 0.322 e. The topological polar surface area (TPSA) is 98.8 Å². The van der Waals surface area contributed by atoms with E-state index in [1.165, 1.54) is 4.31 Å². The molecule has 3 amide bonds. The molecule has 2 heterocycles. The van der Waals surface area contributed by atoms with Crippen LogP contribution in [0.1, 0.15) is 53.4 Å². The van der Waals surface area contributed by atoms with Crippen LogP contribution in [0.15, 0.2) is 0 Å². The van der Waals surface area contributed by atoms with E-state index < -0.39 is 21.8 Å². The number of piperidine rings is 1. The summed E-state index contributed by atoms with van der Waals surface area (Å²) in [4.78, 5) is 23.5. The standard InChI is InChI=1S/C17H32N4O4S/c1-13(2)5-9-20(10-6-14(3)4)26(24,25)21-11-7-17(8-12-21)15(22)18-16(23)19-17/h13-14H,5-12H2,1-4H3,(H2,18,19,22,23). The molecule has 0 aromatic heterocycles. The van der Waals surface area contributed by atoms with E-state index in [1.54, 1.807) is 4.31 Å². The number of nitrogens with one attached hydrogen (secondary N) is 2. The highest BCUT2D eigenvalue weighted by atomic mass is 32.2. The summed E-state index contributed by atoms with van der Waals surface area (Å²) in [5, 5.41) is 4.92. The van der Waals surface area contributed by atoms with Crippen LogP contribution in [0.4, 0.5) is 4.79 Å². The fourth-order valence-electron chi connectivity index (χ4n) is 3.29. The first-order valence-electron chi connectivity index (χ1n) is 9.45. The van der Waals surface area contributed by atoms with Gasteiger partial charge in [-0.25, -0.2) is 4.79 Å². The van der Waals surface area contributed by atoms with Crippen molar-refractivity contribution in [3.8, 4) is 0 Å². The molecule has 0 aliphatic carbocycles. The van der Waals surface area contributed by atoms with Gasteiger partial charge in [0.25, 0.3) is 16.1 Å². The van der Waals surface area contributed by atoms with Gasteiger partial charge in [0.1, 0.15) is 5.54 Å². The van der Waals surface area contributed by atoms with Gasteiger partial charge in [-0.1, -0.05) is 27.7 Å². The lowest BCUT2D eigenvalue weighted by Crippen LogP contribution is -2.57. The summed E-state index contributed by atoms with van der Waals surface area (Å²) in [6.45, 7) is 9.81. The Morgan fingerprint density at radius 1 is 1.04 bits per heavy atom. The van der Waals surface area contributed by atoms with Gasteiger partial charge in [-0.2, -0.15) is 17.0 Å². The van der Waals surface area contributed by atoms with Crippen molar-refractivity contribution >= 4 is 22.1 Å². The van der Waals surface area contributed by atoms with Crippen molar-refractivity contribution in [3.05, 3.63) is 0 Å². The number of carbonyl (C=O) groups is 2. The smallest absolute Gasteiger partial charge is 0.322 e. The van der Waals surface area contributed by atoms with E-state index in [1.807, 2.05) is 0 Å². The Kier molecular flexibility index (Phi) is 6.68. The normalized spacial score (nSPS) is 21.0. The van der Waals surface area contributed by atoms with Crippen LogP contribution in [0, 0.1) is 11.8 Å². The maximum atomic E-state index is 13.1. The van der Waals surface area contributed by atoms with Crippen molar-refractivity contribution in [2.75, 3.05) is 26.2 Å². The number of nitrogens with zero attached hydrogens (tertiary/aromatic N) is 2. The molecule has 0 bridgehead atoms. The quantitative estimate of drug-likeness (QED) is 0.612. The second kappa shape index (κ2) is 8.22. The fraction of sp³-hybridized carbons (Fsp3) is 0.882. The first-order chi connectivity index (χ1) is 12.1. The minimum atomic E-state index is -3.57. The monoisotopic (exact) mass is 388 g/mol. The largest absolute Gasteiger partial charge is 0.323 e. The summed E-state index contributed by atoms with van der Waals surface area (Å²) in [7, 11) is -3.57. The van der Waals surface area contributed by atoms with E-state index in [0.717, 1.165) is 12.8 Å². The second-order valence-electron chi connectivity index (χ2n) is 8.16. The fourth-order valence-corrected chi connectivity index (χ4v) is 4.93. The summed E-state index contributed by atoms with van der Waals surface area (Å²) in [6.07, 6.45) is 2.22. The van der Waals surface area contributed by atoms with Crippen LogP contribution >= 0.6 is 0 Å². The third kappa shape index (κ3) is 4.75. The van der Waals surface area contributed by atoms with Crippen LogP contribution < -0.4 is 10.6 Å². The Balaban J connectivity index is 2.06. The van der Waals surface area contributed by atoms with E-state index in [4.69, 9.17) is 0 Å². The summed E-state index contributed by atoms with van der Waals surface area (Å²) >= 11 is 0. The molecular formula is C17H32N4O4S. The van der Waals surface area contributed by atoms with Gasteiger partial charge < -0.3 is 5.32 Å². The number of carbonyl (C=O) groups excluding carboxylic acids is 2. The summed E-state index contributed by atoms with van der Waals surface area (Å²) in [6, 6.07) is -0.498. The van der Waals surface area contributed by atoms with Crippen LogP contribution in [0.3, 0.4) is 0 Å². The average molecular weight is 389 g/mol. The molecule has 0 radical (unpaired) electrons. The van der Waals surface area contributed by atoms with Gasteiger partial charge in [0.05, 0.1) is 0 Å². The van der Waals surface area contributed by atoms with Crippen molar-refractivity contribution in [2.24, 2.45) is 11.8 Å². The van der Waals surface area contributed by atoms with Crippen LogP contribution in [-0.2, 0) is 15.0 Å². The molecule has 150 valence electrons. The van der Waals surface area contributed by atoms with Crippen molar-refractivity contribution in [1.82, 2.24) is 19.2 Å². The molecule has 0 aromatic rings. The Morgan fingerprint density at radius 2 is 1.54 bits per heavy atom. The van der Waals surface area contributed by atoms with E-state index in [9.17, 15) is 18.0 Å². The minimum absolute atomic E-state index is 0.232. The van der Waals surface area contributed by atoms with Gasteiger partial charge in [-0.3, -0.25) is 10.1 Å². The Morgan fingerprint density at radius 3 is 1.92 bits per heavy atom. The molecule has 8 nitrogen and oxygen atoms in total. The molecule has 2 fully saturated rings. The van der Waals surface area contributed by atoms with Crippen molar-refractivity contribution < 1.29 is 18.0 Å². The zero-order chi connectivity index (χ0) is 19.5. The number of imide groups is 1. The molecule has 2 N–H and O–H groups in total. The van der Waals surface area contributed by atoms with Gasteiger partial charge in [0, 0.05) is 26.2 Å². The van der Waals surface area contributed by atoms with Crippen molar-refractivity contribution in [1.29, 1.82) is 0 Å². The van der Waals surface area contributed by atoms with E-state index in [0.29, 0.717) is 37.8 Å². The zero-order valence-corrected chi connectivity index (χ0v) is 17.1. The molecule has 2 saturated heterocycles. The minimum Gasteiger partial charge on any atom is -0.323 e. The number of rotatable bonds is 8. The highest BCUT2D eigenvalue weighted by Gasteiger charge is 2.49. The maximum absolute atomic E-state index is 13.1. The average Bonchev–Trinajstić information content (AvgIpc) is 2.80. The molecule has 2 aliphatic rings. The first-order valence-corrected chi connectivity index (χ1v) is 10.9. The summed E-state index contributed by atoms with van der Waals surface area (Å²) < 4.78 is 29.3. The van der Waals surface area contributed by atoms with Crippen LogP contribution in [0.2, 0.25) is 0 Å². The number of urea groups is 1. The molecule has 1 spiro atoms. The Hall–Kier alpha value is -1.19. The third-order valence-electron chi connectivity index (χ3n) is 5.15. The highest BCUT2D eigenvalue weighted by Crippen LogP contribution is 2.28. The molecule has 2 aliphatic heterocycles. The highest BCUT2D eigenvalue weighted by molar-refractivity contribution is 7.86. The summed E-state index contributed by atoms with van der Waals surface area (Å²) in [5.74, 6) is 0.499. The number of amides is 3.